The number of Topliss-reactive ketones (excluding diaryl/α,β-unsaturated/α-hetero) is 1. The standard InChI is InChI=1S/C13H21NO5/c1-4-18-11(15)6-10-8-14(13(17)19-5-2)7-9(3)12(10)16/h9-10H,4-8H2,1-3H3. The summed E-state index contributed by atoms with van der Waals surface area (Å²) in [5, 5.41) is 0. The van der Waals surface area contributed by atoms with E-state index in [9.17, 15) is 14.4 Å². The summed E-state index contributed by atoms with van der Waals surface area (Å²) in [6.07, 6.45) is -0.414. The van der Waals surface area contributed by atoms with Gasteiger partial charge in [-0.25, -0.2) is 4.79 Å². The van der Waals surface area contributed by atoms with E-state index in [1.54, 1.807) is 20.8 Å². The molecule has 0 N–H and O–H groups in total. The van der Waals surface area contributed by atoms with Gasteiger partial charge in [0.1, 0.15) is 5.78 Å². The number of piperidine rings is 1. The van der Waals surface area contributed by atoms with E-state index in [0.29, 0.717) is 13.2 Å². The SMILES string of the molecule is CCOC(=O)CC1CN(C(=O)OCC)CC(C)C1=O. The number of amides is 1. The normalized spacial score (nSPS) is 23.1. The van der Waals surface area contributed by atoms with Gasteiger partial charge in [0.25, 0.3) is 0 Å². The van der Waals surface area contributed by atoms with E-state index in [4.69, 9.17) is 9.47 Å². The van der Waals surface area contributed by atoms with Crippen LogP contribution in [-0.4, -0.2) is 49.0 Å². The molecule has 2 atom stereocenters. The summed E-state index contributed by atoms with van der Waals surface area (Å²) in [4.78, 5) is 36.6. The zero-order valence-electron chi connectivity index (χ0n) is 11.7. The van der Waals surface area contributed by atoms with Crippen molar-refractivity contribution in [3.63, 3.8) is 0 Å². The minimum Gasteiger partial charge on any atom is -0.466 e. The van der Waals surface area contributed by atoms with Crippen molar-refractivity contribution < 1.29 is 23.9 Å². The molecular formula is C13H21NO5. The first kappa shape index (κ1) is 15.5. The van der Waals surface area contributed by atoms with Crippen LogP contribution >= 0.6 is 0 Å². The van der Waals surface area contributed by atoms with Gasteiger partial charge < -0.3 is 14.4 Å². The van der Waals surface area contributed by atoms with Gasteiger partial charge >= 0.3 is 12.1 Å². The molecule has 1 heterocycles. The third-order valence-electron chi connectivity index (χ3n) is 3.07. The molecule has 19 heavy (non-hydrogen) atoms. The van der Waals surface area contributed by atoms with Crippen molar-refractivity contribution in [2.45, 2.75) is 27.2 Å². The Morgan fingerprint density at radius 3 is 2.42 bits per heavy atom. The molecule has 0 aliphatic carbocycles. The molecule has 1 saturated heterocycles. The topological polar surface area (TPSA) is 72.9 Å². The predicted octanol–water partition coefficient (Wildman–Crippen LogP) is 1.23. The summed E-state index contributed by atoms with van der Waals surface area (Å²) in [5.41, 5.74) is 0. The number of ketones is 1. The van der Waals surface area contributed by atoms with Gasteiger partial charge in [0, 0.05) is 24.9 Å². The average molecular weight is 271 g/mol. The number of nitrogens with zero attached hydrogens (tertiary/aromatic N) is 1. The Labute approximate surface area is 113 Å². The highest BCUT2D eigenvalue weighted by Crippen LogP contribution is 2.21. The molecule has 6 heteroatoms. The molecule has 1 aliphatic heterocycles. The molecule has 2 unspecified atom stereocenters. The third kappa shape index (κ3) is 4.22. The molecule has 1 rings (SSSR count). The maximum Gasteiger partial charge on any atom is 0.409 e. The molecule has 0 aromatic carbocycles. The lowest BCUT2D eigenvalue weighted by Gasteiger charge is -2.34. The van der Waals surface area contributed by atoms with Gasteiger partial charge in [0.05, 0.1) is 19.6 Å². The smallest absolute Gasteiger partial charge is 0.409 e. The van der Waals surface area contributed by atoms with E-state index >= 15 is 0 Å². The largest absolute Gasteiger partial charge is 0.466 e. The van der Waals surface area contributed by atoms with Crippen LogP contribution in [0.25, 0.3) is 0 Å². The second kappa shape index (κ2) is 7.11. The Morgan fingerprint density at radius 1 is 1.21 bits per heavy atom. The maximum atomic E-state index is 12.0. The van der Waals surface area contributed by atoms with Crippen LogP contribution in [0.2, 0.25) is 0 Å². The number of carbonyl (C=O) groups excluding carboxylic acids is 3. The van der Waals surface area contributed by atoms with E-state index in [-0.39, 0.29) is 31.3 Å². The first-order valence-corrected chi connectivity index (χ1v) is 6.60. The number of likely N-dealkylation sites (tertiary alicyclic amines) is 1. The minimum atomic E-state index is -0.493. The summed E-state index contributed by atoms with van der Waals surface area (Å²) in [6.45, 7) is 6.35. The lowest BCUT2D eigenvalue weighted by Crippen LogP contribution is -2.49. The highest BCUT2D eigenvalue weighted by Gasteiger charge is 2.36. The van der Waals surface area contributed by atoms with Gasteiger partial charge in [-0.2, -0.15) is 0 Å². The van der Waals surface area contributed by atoms with Crippen molar-refractivity contribution in [1.29, 1.82) is 0 Å². The first-order chi connectivity index (χ1) is 8.99. The lowest BCUT2D eigenvalue weighted by atomic mass is 9.87. The fourth-order valence-corrected chi connectivity index (χ4v) is 2.20. The Kier molecular flexibility index (Phi) is 5.79. The number of hydrogen-bond donors (Lipinski definition) is 0. The van der Waals surface area contributed by atoms with Gasteiger partial charge in [-0.15, -0.1) is 0 Å². The van der Waals surface area contributed by atoms with Gasteiger partial charge in [-0.1, -0.05) is 6.92 Å². The molecule has 108 valence electrons. The summed E-state index contributed by atoms with van der Waals surface area (Å²) >= 11 is 0. The van der Waals surface area contributed by atoms with E-state index in [0.717, 1.165) is 0 Å². The number of esters is 1. The van der Waals surface area contributed by atoms with Crippen LogP contribution in [0.3, 0.4) is 0 Å². The lowest BCUT2D eigenvalue weighted by molar-refractivity contribution is -0.148. The van der Waals surface area contributed by atoms with Gasteiger partial charge in [0.2, 0.25) is 0 Å². The van der Waals surface area contributed by atoms with Gasteiger partial charge in [-0.05, 0) is 13.8 Å². The Hall–Kier alpha value is -1.59. The Morgan fingerprint density at radius 2 is 1.84 bits per heavy atom. The molecule has 0 radical (unpaired) electrons. The van der Waals surface area contributed by atoms with Gasteiger partial charge in [-0.3, -0.25) is 9.59 Å². The van der Waals surface area contributed by atoms with Crippen molar-refractivity contribution in [3.8, 4) is 0 Å². The zero-order valence-corrected chi connectivity index (χ0v) is 11.7. The van der Waals surface area contributed by atoms with Crippen LogP contribution in [0.15, 0.2) is 0 Å². The molecule has 1 amide bonds. The molecule has 0 saturated carbocycles. The van der Waals surface area contributed by atoms with Crippen LogP contribution in [0.1, 0.15) is 27.2 Å². The summed E-state index contributed by atoms with van der Waals surface area (Å²) in [7, 11) is 0. The summed E-state index contributed by atoms with van der Waals surface area (Å²) < 4.78 is 9.77. The van der Waals surface area contributed by atoms with E-state index in [1.165, 1.54) is 4.90 Å². The molecule has 1 aliphatic rings. The molecular weight excluding hydrogens is 250 g/mol. The summed E-state index contributed by atoms with van der Waals surface area (Å²) in [5.74, 6) is -1.17. The molecule has 6 nitrogen and oxygen atoms in total. The zero-order chi connectivity index (χ0) is 14.4. The third-order valence-corrected chi connectivity index (χ3v) is 3.07. The number of carbonyl (C=O) groups is 3. The van der Waals surface area contributed by atoms with Crippen LogP contribution in [0, 0.1) is 11.8 Å². The molecule has 0 spiro atoms. The van der Waals surface area contributed by atoms with Gasteiger partial charge in [0.15, 0.2) is 0 Å². The first-order valence-electron chi connectivity index (χ1n) is 6.60. The van der Waals surface area contributed by atoms with Crippen molar-refractivity contribution >= 4 is 17.8 Å². The van der Waals surface area contributed by atoms with Crippen LogP contribution in [0.4, 0.5) is 4.79 Å². The Bertz CT molecular complexity index is 355. The second-order valence-corrected chi connectivity index (χ2v) is 4.61. The Balaban J connectivity index is 2.65. The van der Waals surface area contributed by atoms with Crippen LogP contribution in [0.5, 0.6) is 0 Å². The fraction of sp³-hybridized carbons (Fsp3) is 0.769. The number of ether oxygens (including phenoxy) is 2. The predicted molar refractivity (Wildman–Crippen MR) is 67.5 cm³/mol. The fourth-order valence-electron chi connectivity index (χ4n) is 2.20. The van der Waals surface area contributed by atoms with Crippen LogP contribution < -0.4 is 0 Å². The number of rotatable bonds is 4. The van der Waals surface area contributed by atoms with Crippen molar-refractivity contribution in [2.75, 3.05) is 26.3 Å². The monoisotopic (exact) mass is 271 g/mol. The van der Waals surface area contributed by atoms with E-state index in [2.05, 4.69) is 0 Å². The van der Waals surface area contributed by atoms with Crippen LogP contribution in [-0.2, 0) is 19.1 Å². The van der Waals surface area contributed by atoms with Crippen molar-refractivity contribution in [2.24, 2.45) is 11.8 Å². The van der Waals surface area contributed by atoms with E-state index in [1.807, 2.05) is 0 Å². The summed E-state index contributed by atoms with van der Waals surface area (Å²) in [6, 6.07) is 0. The molecule has 1 fully saturated rings. The minimum absolute atomic E-state index is 0.00796. The second-order valence-electron chi connectivity index (χ2n) is 4.61. The number of hydrogen-bond acceptors (Lipinski definition) is 5. The molecule has 0 aromatic heterocycles. The van der Waals surface area contributed by atoms with E-state index < -0.39 is 18.0 Å². The average Bonchev–Trinajstić information content (AvgIpc) is 2.35. The van der Waals surface area contributed by atoms with Crippen molar-refractivity contribution in [1.82, 2.24) is 4.90 Å². The van der Waals surface area contributed by atoms with Crippen molar-refractivity contribution in [3.05, 3.63) is 0 Å². The quantitative estimate of drug-likeness (QED) is 0.719. The highest BCUT2D eigenvalue weighted by atomic mass is 16.6. The molecule has 0 aromatic rings. The highest BCUT2D eigenvalue weighted by molar-refractivity contribution is 5.89. The molecule has 0 bridgehead atoms. The maximum absolute atomic E-state index is 12.0.